The standard InChI is InChI=1S/C21H25ClN6/c1-5-28(6-2)17-9-10-19(15(4)11-17)25-21-26-20(13-23-27-21)24-16-8-7-14(3)18(22)12-16/h7-13H,5-6H2,1-4H3,(H2,24,25,26,27). The summed E-state index contributed by atoms with van der Waals surface area (Å²) >= 11 is 6.19. The Labute approximate surface area is 171 Å². The number of hydrogen-bond donors (Lipinski definition) is 2. The smallest absolute Gasteiger partial charge is 0.249 e. The van der Waals surface area contributed by atoms with E-state index in [1.807, 2.05) is 31.2 Å². The Hall–Kier alpha value is -2.86. The lowest BCUT2D eigenvalue weighted by Gasteiger charge is -2.22. The third kappa shape index (κ3) is 4.70. The monoisotopic (exact) mass is 396 g/mol. The van der Waals surface area contributed by atoms with Gasteiger partial charge in [-0.3, -0.25) is 0 Å². The maximum Gasteiger partial charge on any atom is 0.249 e. The van der Waals surface area contributed by atoms with E-state index in [2.05, 4.69) is 63.6 Å². The Morgan fingerprint density at radius 1 is 0.964 bits per heavy atom. The molecule has 3 aromatic rings. The van der Waals surface area contributed by atoms with Gasteiger partial charge in [0.25, 0.3) is 0 Å². The molecule has 0 fully saturated rings. The van der Waals surface area contributed by atoms with E-state index in [4.69, 9.17) is 11.6 Å². The summed E-state index contributed by atoms with van der Waals surface area (Å²) in [4.78, 5) is 6.81. The van der Waals surface area contributed by atoms with Gasteiger partial charge < -0.3 is 15.5 Å². The molecule has 0 saturated carbocycles. The summed E-state index contributed by atoms with van der Waals surface area (Å²) in [7, 11) is 0. The average Bonchev–Trinajstić information content (AvgIpc) is 2.68. The van der Waals surface area contributed by atoms with Gasteiger partial charge in [-0.2, -0.15) is 10.1 Å². The van der Waals surface area contributed by atoms with E-state index in [1.165, 1.54) is 5.69 Å². The lowest BCUT2D eigenvalue weighted by Crippen LogP contribution is -2.21. The number of benzene rings is 2. The van der Waals surface area contributed by atoms with Crippen LogP contribution in [-0.4, -0.2) is 28.3 Å². The Bertz CT molecular complexity index is 955. The summed E-state index contributed by atoms with van der Waals surface area (Å²) in [5.74, 6) is 1.02. The van der Waals surface area contributed by atoms with E-state index in [0.717, 1.165) is 35.6 Å². The third-order valence-corrected chi connectivity index (χ3v) is 5.00. The Balaban J connectivity index is 1.76. The molecule has 6 nitrogen and oxygen atoms in total. The largest absolute Gasteiger partial charge is 0.372 e. The van der Waals surface area contributed by atoms with Gasteiger partial charge in [0.1, 0.15) is 0 Å². The first kappa shape index (κ1) is 19.9. The van der Waals surface area contributed by atoms with Gasteiger partial charge in [0.05, 0.1) is 6.20 Å². The summed E-state index contributed by atoms with van der Waals surface area (Å²) in [6, 6.07) is 12.1. The Morgan fingerprint density at radius 3 is 2.43 bits per heavy atom. The lowest BCUT2D eigenvalue weighted by atomic mass is 10.1. The van der Waals surface area contributed by atoms with E-state index in [0.29, 0.717) is 16.8 Å². The van der Waals surface area contributed by atoms with Crippen LogP contribution in [0.2, 0.25) is 5.02 Å². The van der Waals surface area contributed by atoms with E-state index in [1.54, 1.807) is 6.20 Å². The zero-order valence-corrected chi connectivity index (χ0v) is 17.4. The van der Waals surface area contributed by atoms with Crippen LogP contribution in [-0.2, 0) is 0 Å². The number of anilines is 5. The summed E-state index contributed by atoms with van der Waals surface area (Å²) in [5.41, 5.74) is 5.16. The van der Waals surface area contributed by atoms with E-state index < -0.39 is 0 Å². The number of halogens is 1. The summed E-state index contributed by atoms with van der Waals surface area (Å²) in [6.45, 7) is 10.3. The maximum absolute atomic E-state index is 6.19. The van der Waals surface area contributed by atoms with Crippen LogP contribution in [0.25, 0.3) is 0 Å². The van der Waals surface area contributed by atoms with Gasteiger partial charge in [-0.1, -0.05) is 17.7 Å². The molecule has 0 aliphatic rings. The summed E-state index contributed by atoms with van der Waals surface area (Å²) in [5, 5.41) is 15.3. The van der Waals surface area contributed by atoms with Crippen LogP contribution in [0.15, 0.2) is 42.6 Å². The zero-order valence-electron chi connectivity index (χ0n) is 16.6. The number of nitrogens with one attached hydrogen (secondary N) is 2. The lowest BCUT2D eigenvalue weighted by molar-refractivity contribution is 0.865. The Kier molecular flexibility index (Phi) is 6.31. The van der Waals surface area contributed by atoms with Crippen molar-refractivity contribution in [1.82, 2.24) is 15.2 Å². The molecule has 146 valence electrons. The van der Waals surface area contributed by atoms with Crippen LogP contribution in [0, 0.1) is 13.8 Å². The number of aryl methyl sites for hydroxylation is 2. The van der Waals surface area contributed by atoms with Gasteiger partial charge in [-0.05, 0) is 69.2 Å². The molecule has 0 radical (unpaired) electrons. The minimum atomic E-state index is 0.432. The van der Waals surface area contributed by atoms with E-state index in [9.17, 15) is 0 Å². The first-order valence-electron chi connectivity index (χ1n) is 9.35. The van der Waals surface area contributed by atoms with Crippen molar-refractivity contribution >= 4 is 40.4 Å². The van der Waals surface area contributed by atoms with Gasteiger partial charge in [-0.25, -0.2) is 0 Å². The first-order chi connectivity index (χ1) is 13.5. The van der Waals surface area contributed by atoms with Gasteiger partial charge >= 0.3 is 0 Å². The molecule has 0 spiro atoms. The van der Waals surface area contributed by atoms with Gasteiger partial charge in [-0.15, -0.1) is 5.10 Å². The number of rotatable bonds is 7. The quantitative estimate of drug-likeness (QED) is 0.551. The van der Waals surface area contributed by atoms with E-state index in [-0.39, 0.29) is 0 Å². The third-order valence-electron chi connectivity index (χ3n) is 4.59. The fourth-order valence-electron chi connectivity index (χ4n) is 2.93. The fourth-order valence-corrected chi connectivity index (χ4v) is 3.11. The number of hydrogen-bond acceptors (Lipinski definition) is 6. The SMILES string of the molecule is CCN(CC)c1ccc(Nc2nncc(Nc3ccc(C)c(Cl)c3)n2)c(C)c1. The molecule has 2 N–H and O–H groups in total. The summed E-state index contributed by atoms with van der Waals surface area (Å²) < 4.78 is 0. The fraction of sp³-hybridized carbons (Fsp3) is 0.286. The molecule has 1 aromatic heterocycles. The highest BCUT2D eigenvalue weighted by Crippen LogP contribution is 2.25. The first-order valence-corrected chi connectivity index (χ1v) is 9.73. The van der Waals surface area contributed by atoms with Crippen LogP contribution in [0.3, 0.4) is 0 Å². The predicted octanol–water partition coefficient (Wildman–Crippen LogP) is 5.48. The van der Waals surface area contributed by atoms with Crippen molar-refractivity contribution in [2.45, 2.75) is 27.7 Å². The van der Waals surface area contributed by atoms with Crippen LogP contribution in [0.1, 0.15) is 25.0 Å². The van der Waals surface area contributed by atoms with Gasteiger partial charge in [0.15, 0.2) is 5.82 Å². The second-order valence-electron chi connectivity index (χ2n) is 6.55. The van der Waals surface area contributed by atoms with E-state index >= 15 is 0 Å². The topological polar surface area (TPSA) is 66.0 Å². The molecule has 7 heteroatoms. The molecular weight excluding hydrogens is 372 g/mol. The van der Waals surface area contributed by atoms with Crippen molar-refractivity contribution in [3.63, 3.8) is 0 Å². The van der Waals surface area contributed by atoms with Crippen LogP contribution in [0.5, 0.6) is 0 Å². The molecule has 2 aromatic carbocycles. The van der Waals surface area contributed by atoms with Crippen molar-refractivity contribution in [1.29, 1.82) is 0 Å². The van der Waals surface area contributed by atoms with Gasteiger partial charge in [0.2, 0.25) is 5.95 Å². The van der Waals surface area contributed by atoms with Crippen molar-refractivity contribution in [2.24, 2.45) is 0 Å². The molecule has 0 unspecified atom stereocenters. The maximum atomic E-state index is 6.19. The normalized spacial score (nSPS) is 10.6. The minimum Gasteiger partial charge on any atom is -0.372 e. The predicted molar refractivity (Wildman–Crippen MR) is 117 cm³/mol. The minimum absolute atomic E-state index is 0.432. The van der Waals surface area contributed by atoms with Crippen molar-refractivity contribution in [3.8, 4) is 0 Å². The highest BCUT2D eigenvalue weighted by molar-refractivity contribution is 6.31. The van der Waals surface area contributed by atoms with Crippen molar-refractivity contribution in [2.75, 3.05) is 28.6 Å². The molecule has 0 saturated heterocycles. The molecule has 0 aliphatic heterocycles. The highest BCUT2D eigenvalue weighted by Gasteiger charge is 2.08. The van der Waals surface area contributed by atoms with Crippen LogP contribution in [0.4, 0.5) is 28.8 Å². The Morgan fingerprint density at radius 2 is 1.75 bits per heavy atom. The molecule has 0 bridgehead atoms. The molecule has 0 atom stereocenters. The molecule has 1 heterocycles. The zero-order chi connectivity index (χ0) is 20.1. The molecule has 0 amide bonds. The molecule has 28 heavy (non-hydrogen) atoms. The molecular formula is C21H25ClN6. The average molecular weight is 397 g/mol. The molecule has 3 rings (SSSR count). The van der Waals surface area contributed by atoms with Crippen molar-refractivity contribution < 1.29 is 0 Å². The second kappa shape index (κ2) is 8.89. The number of nitrogens with zero attached hydrogens (tertiary/aromatic N) is 4. The van der Waals surface area contributed by atoms with Crippen LogP contribution < -0.4 is 15.5 Å². The highest BCUT2D eigenvalue weighted by atomic mass is 35.5. The van der Waals surface area contributed by atoms with Gasteiger partial charge in [0, 0.05) is 35.2 Å². The second-order valence-corrected chi connectivity index (χ2v) is 6.96. The van der Waals surface area contributed by atoms with Crippen molar-refractivity contribution in [3.05, 3.63) is 58.7 Å². The number of aromatic nitrogens is 3. The van der Waals surface area contributed by atoms with Crippen LogP contribution >= 0.6 is 11.6 Å². The molecule has 0 aliphatic carbocycles. The summed E-state index contributed by atoms with van der Waals surface area (Å²) in [6.07, 6.45) is 1.58.